The van der Waals surface area contributed by atoms with Crippen LogP contribution in [-0.2, 0) is 14.1 Å². The Morgan fingerprint density at radius 1 is 1.30 bits per heavy atom. The Morgan fingerprint density at radius 3 is 2.61 bits per heavy atom. The number of hydrogen-bond donors (Lipinski definition) is 2. The summed E-state index contributed by atoms with van der Waals surface area (Å²) in [5, 5.41) is 2.81. The molecule has 1 rings (SSSR count). The summed E-state index contributed by atoms with van der Waals surface area (Å²) in [6, 6.07) is 8.18. The maximum absolute atomic E-state index is 13.0. The molecule has 1 aromatic carbocycles. The minimum Gasteiger partial charge on any atom is -0.465 e. The van der Waals surface area contributed by atoms with E-state index in [0.29, 0.717) is 25.3 Å². The number of esters is 1. The van der Waals surface area contributed by atoms with Crippen molar-refractivity contribution in [3.05, 3.63) is 30.3 Å². The molecule has 0 aliphatic carbocycles. The molecular weight excluding hydrogens is 315 g/mol. The normalized spacial score (nSPS) is 14.7. The molecule has 6 nitrogen and oxygen atoms in total. The minimum absolute atomic E-state index is 0.255. The molecule has 0 saturated carbocycles. The van der Waals surface area contributed by atoms with Gasteiger partial charge in [-0.15, -0.1) is 0 Å². The van der Waals surface area contributed by atoms with Crippen LogP contribution in [0.1, 0.15) is 33.1 Å². The number of hydrogen-bond acceptors (Lipinski definition) is 5. The van der Waals surface area contributed by atoms with Crippen molar-refractivity contribution in [3.63, 3.8) is 0 Å². The van der Waals surface area contributed by atoms with Crippen molar-refractivity contribution >= 4 is 13.5 Å². The van der Waals surface area contributed by atoms with E-state index in [0.717, 1.165) is 12.8 Å². The quantitative estimate of drug-likeness (QED) is 0.365. The van der Waals surface area contributed by atoms with E-state index in [-0.39, 0.29) is 6.16 Å². The molecular formula is C16H27N2O4P. The van der Waals surface area contributed by atoms with E-state index >= 15 is 0 Å². The number of carbonyl (C=O) groups excluding carboxylic acids is 1. The lowest BCUT2D eigenvalue weighted by atomic mass is 10.3. The number of nitrogens with one attached hydrogen (secondary N) is 1. The lowest BCUT2D eigenvalue weighted by Gasteiger charge is -2.23. The van der Waals surface area contributed by atoms with Crippen LogP contribution < -0.4 is 15.3 Å². The highest BCUT2D eigenvalue weighted by Crippen LogP contribution is 2.44. The zero-order valence-electron chi connectivity index (χ0n) is 13.9. The van der Waals surface area contributed by atoms with Crippen LogP contribution in [0.2, 0.25) is 0 Å². The van der Waals surface area contributed by atoms with Gasteiger partial charge in [-0.2, -0.15) is 0 Å². The minimum atomic E-state index is -3.24. The van der Waals surface area contributed by atoms with Gasteiger partial charge in [-0.25, -0.2) is 5.09 Å². The summed E-state index contributed by atoms with van der Waals surface area (Å²) in [4.78, 5) is 11.9. The first kappa shape index (κ1) is 19.7. The predicted molar refractivity (Wildman–Crippen MR) is 91.7 cm³/mol. The number of benzene rings is 1. The second-order valence-electron chi connectivity index (χ2n) is 5.32. The molecule has 2 atom stereocenters. The molecule has 0 fully saturated rings. The van der Waals surface area contributed by atoms with Crippen LogP contribution in [0.4, 0.5) is 0 Å². The van der Waals surface area contributed by atoms with Gasteiger partial charge in [0.25, 0.3) is 0 Å². The number of carbonyl (C=O) groups is 1. The average molecular weight is 342 g/mol. The summed E-state index contributed by atoms with van der Waals surface area (Å²) >= 11 is 0. The molecule has 0 spiro atoms. The molecule has 0 aromatic heterocycles. The molecule has 130 valence electrons. The fourth-order valence-corrected chi connectivity index (χ4v) is 3.91. The maximum atomic E-state index is 13.0. The highest BCUT2D eigenvalue weighted by molar-refractivity contribution is 7.57. The van der Waals surface area contributed by atoms with Crippen LogP contribution in [0, 0.1) is 0 Å². The number of nitrogens with two attached hydrogens (primary N) is 1. The maximum Gasteiger partial charge on any atom is 0.323 e. The molecule has 0 radical (unpaired) electrons. The van der Waals surface area contributed by atoms with Crippen molar-refractivity contribution in [2.24, 2.45) is 5.73 Å². The third-order valence-electron chi connectivity index (χ3n) is 3.14. The fourth-order valence-electron chi connectivity index (χ4n) is 1.88. The van der Waals surface area contributed by atoms with Gasteiger partial charge in [-0.1, -0.05) is 31.5 Å². The third kappa shape index (κ3) is 7.64. The van der Waals surface area contributed by atoms with Crippen molar-refractivity contribution in [2.75, 3.05) is 19.3 Å². The van der Waals surface area contributed by atoms with E-state index in [2.05, 4.69) is 5.09 Å². The fraction of sp³-hybridized carbons (Fsp3) is 0.562. The first-order valence-corrected chi connectivity index (χ1v) is 9.80. The number of para-hydroxylation sites is 1. The van der Waals surface area contributed by atoms with Gasteiger partial charge in [0.15, 0.2) is 0 Å². The van der Waals surface area contributed by atoms with E-state index in [4.69, 9.17) is 15.0 Å². The van der Waals surface area contributed by atoms with E-state index < -0.39 is 19.5 Å². The largest absolute Gasteiger partial charge is 0.465 e. The van der Waals surface area contributed by atoms with E-state index in [1.54, 1.807) is 31.2 Å². The second-order valence-corrected chi connectivity index (χ2v) is 7.55. The van der Waals surface area contributed by atoms with Crippen LogP contribution in [0.3, 0.4) is 0 Å². The number of unbranched alkanes of at least 4 members (excludes halogenated alkanes) is 1. The van der Waals surface area contributed by atoms with Gasteiger partial charge < -0.3 is 15.0 Å². The van der Waals surface area contributed by atoms with Crippen molar-refractivity contribution in [3.8, 4) is 5.75 Å². The Bertz CT molecular complexity index is 510. The highest BCUT2D eigenvalue weighted by atomic mass is 31.2. The average Bonchev–Trinajstić information content (AvgIpc) is 2.54. The molecule has 0 heterocycles. The van der Waals surface area contributed by atoms with Gasteiger partial charge in [0.05, 0.1) is 12.8 Å². The molecule has 1 aromatic rings. The zero-order valence-corrected chi connectivity index (χ0v) is 14.8. The van der Waals surface area contributed by atoms with Crippen LogP contribution in [0.15, 0.2) is 30.3 Å². The highest BCUT2D eigenvalue weighted by Gasteiger charge is 2.29. The molecule has 0 saturated heterocycles. The molecule has 7 heteroatoms. The first-order valence-electron chi connectivity index (χ1n) is 7.99. The second kappa shape index (κ2) is 10.4. The van der Waals surface area contributed by atoms with Crippen molar-refractivity contribution in [1.82, 2.24) is 5.09 Å². The van der Waals surface area contributed by atoms with E-state index in [1.807, 2.05) is 13.0 Å². The van der Waals surface area contributed by atoms with Gasteiger partial charge >= 0.3 is 13.5 Å². The summed E-state index contributed by atoms with van der Waals surface area (Å²) in [6.07, 6.45) is 2.55. The molecule has 0 aliphatic rings. The van der Waals surface area contributed by atoms with Crippen molar-refractivity contribution in [1.29, 1.82) is 0 Å². The number of ether oxygens (including phenoxy) is 1. The summed E-state index contributed by atoms with van der Waals surface area (Å²) < 4.78 is 23.8. The SMILES string of the molecule is CCCCOC(=O)[C@H](C)NP(=O)(CCCN)Oc1ccccc1. The first-order chi connectivity index (χ1) is 11.0. The van der Waals surface area contributed by atoms with Gasteiger partial charge in [-0.3, -0.25) is 9.36 Å². The summed E-state index contributed by atoms with van der Waals surface area (Å²) in [6.45, 7) is 4.41. The van der Waals surface area contributed by atoms with Gasteiger partial charge in [-0.05, 0) is 38.4 Å². The molecule has 1 unspecified atom stereocenters. The van der Waals surface area contributed by atoms with Gasteiger partial charge in [0, 0.05) is 0 Å². The summed E-state index contributed by atoms with van der Waals surface area (Å²) in [5.41, 5.74) is 5.50. The van der Waals surface area contributed by atoms with Crippen LogP contribution in [-0.4, -0.2) is 31.3 Å². The Hall–Kier alpha value is -1.36. The molecule has 3 N–H and O–H groups in total. The lowest BCUT2D eigenvalue weighted by Crippen LogP contribution is -2.35. The van der Waals surface area contributed by atoms with Crippen LogP contribution in [0.25, 0.3) is 0 Å². The Labute approximate surface area is 138 Å². The van der Waals surface area contributed by atoms with E-state index in [1.165, 1.54) is 0 Å². The topological polar surface area (TPSA) is 90.7 Å². The summed E-state index contributed by atoms with van der Waals surface area (Å²) in [5.74, 6) is 0.0648. The van der Waals surface area contributed by atoms with Crippen LogP contribution >= 0.6 is 7.52 Å². The smallest absolute Gasteiger partial charge is 0.323 e. The third-order valence-corrected chi connectivity index (χ3v) is 5.33. The number of rotatable bonds is 11. The Balaban J connectivity index is 2.69. The predicted octanol–water partition coefficient (Wildman–Crippen LogP) is 2.93. The monoisotopic (exact) mass is 342 g/mol. The Morgan fingerprint density at radius 2 is 2.00 bits per heavy atom. The van der Waals surface area contributed by atoms with E-state index in [9.17, 15) is 9.36 Å². The summed E-state index contributed by atoms with van der Waals surface area (Å²) in [7, 11) is -3.24. The molecule has 23 heavy (non-hydrogen) atoms. The Kier molecular flexibility index (Phi) is 8.92. The molecule has 0 amide bonds. The van der Waals surface area contributed by atoms with Gasteiger partial charge in [0.1, 0.15) is 11.8 Å². The van der Waals surface area contributed by atoms with Gasteiger partial charge in [0.2, 0.25) is 0 Å². The zero-order chi connectivity index (χ0) is 17.1. The standard InChI is InChI=1S/C16H27N2O4P/c1-3-4-12-21-16(19)14(2)18-23(20,13-8-11-17)22-15-9-6-5-7-10-15/h5-7,9-10,14H,3-4,8,11-13,17H2,1-2H3,(H,18,20)/t14-,23?/m0/s1. The van der Waals surface area contributed by atoms with Crippen molar-refractivity contribution < 1.29 is 18.6 Å². The van der Waals surface area contributed by atoms with Crippen molar-refractivity contribution in [2.45, 2.75) is 39.2 Å². The molecule has 0 aliphatic heterocycles. The lowest BCUT2D eigenvalue weighted by molar-refractivity contribution is -0.145. The molecule has 0 bridgehead atoms. The van der Waals surface area contributed by atoms with Crippen LogP contribution in [0.5, 0.6) is 5.75 Å².